The lowest BCUT2D eigenvalue weighted by Crippen LogP contribution is -2.47. The summed E-state index contributed by atoms with van der Waals surface area (Å²) in [6.07, 6.45) is 6.42. The minimum absolute atomic E-state index is 0.216. The fourth-order valence-corrected chi connectivity index (χ4v) is 2.12. The lowest BCUT2D eigenvalue weighted by molar-refractivity contribution is -0.187. The van der Waals surface area contributed by atoms with Gasteiger partial charge in [-0.15, -0.1) is 6.58 Å². The highest BCUT2D eigenvalue weighted by atomic mass is 16.6. The minimum Gasteiger partial charge on any atom is -0.458 e. The van der Waals surface area contributed by atoms with Crippen LogP contribution in [-0.2, 0) is 14.3 Å². The second-order valence-corrected chi connectivity index (χ2v) is 5.66. The van der Waals surface area contributed by atoms with Crippen molar-refractivity contribution >= 4 is 5.97 Å². The van der Waals surface area contributed by atoms with Gasteiger partial charge in [0.1, 0.15) is 5.60 Å². The average Bonchev–Trinajstić information content (AvgIpc) is 2.25. The van der Waals surface area contributed by atoms with Crippen molar-refractivity contribution in [2.45, 2.75) is 64.1 Å². The molecule has 98 valence electrons. The summed E-state index contributed by atoms with van der Waals surface area (Å²) in [5.41, 5.74) is -1.20. The van der Waals surface area contributed by atoms with Crippen LogP contribution >= 0.6 is 0 Å². The third kappa shape index (κ3) is 4.15. The van der Waals surface area contributed by atoms with Crippen LogP contribution in [0.1, 0.15) is 52.9 Å². The van der Waals surface area contributed by atoms with Gasteiger partial charge in [-0.1, -0.05) is 12.5 Å². The number of hydrogen-bond acceptors (Lipinski definition) is 3. The van der Waals surface area contributed by atoms with E-state index in [4.69, 9.17) is 9.47 Å². The molecule has 1 rings (SSSR count). The summed E-state index contributed by atoms with van der Waals surface area (Å²) in [4.78, 5) is 12.3. The summed E-state index contributed by atoms with van der Waals surface area (Å²) in [6, 6.07) is 0. The molecule has 3 heteroatoms. The molecule has 0 amide bonds. The summed E-state index contributed by atoms with van der Waals surface area (Å²) in [5.74, 6) is -0.216. The number of carbonyl (C=O) groups excluding carboxylic acids is 1. The maximum Gasteiger partial charge on any atom is 0.338 e. The molecular weight excluding hydrogens is 216 g/mol. The molecular formula is C14H24O3. The van der Waals surface area contributed by atoms with Gasteiger partial charge in [0, 0.05) is 0 Å². The number of ether oxygens (including phenoxy) is 2. The first-order valence-corrected chi connectivity index (χ1v) is 6.38. The molecule has 1 aliphatic carbocycles. The molecule has 3 nitrogen and oxygen atoms in total. The van der Waals surface area contributed by atoms with Gasteiger partial charge in [-0.2, -0.15) is 0 Å². The van der Waals surface area contributed by atoms with Gasteiger partial charge in [-0.05, 0) is 46.5 Å². The van der Waals surface area contributed by atoms with Crippen LogP contribution in [0.3, 0.4) is 0 Å². The van der Waals surface area contributed by atoms with Gasteiger partial charge in [0.25, 0.3) is 0 Å². The molecule has 1 saturated carbocycles. The van der Waals surface area contributed by atoms with Crippen molar-refractivity contribution < 1.29 is 14.3 Å². The van der Waals surface area contributed by atoms with E-state index >= 15 is 0 Å². The van der Waals surface area contributed by atoms with Crippen molar-refractivity contribution in [1.29, 1.82) is 0 Å². The Kier molecular flexibility index (Phi) is 4.75. The third-order valence-electron chi connectivity index (χ3n) is 2.91. The van der Waals surface area contributed by atoms with E-state index in [0.29, 0.717) is 6.61 Å². The molecule has 0 aliphatic heterocycles. The van der Waals surface area contributed by atoms with E-state index in [9.17, 15) is 4.79 Å². The molecule has 0 bridgehead atoms. The van der Waals surface area contributed by atoms with Gasteiger partial charge in [0.2, 0.25) is 0 Å². The zero-order valence-corrected chi connectivity index (χ0v) is 11.3. The normalized spacial score (nSPS) is 19.7. The molecule has 0 unspecified atom stereocenters. The molecule has 1 fully saturated rings. The summed E-state index contributed by atoms with van der Waals surface area (Å²) >= 11 is 0. The Bertz CT molecular complexity index is 270. The van der Waals surface area contributed by atoms with Gasteiger partial charge in [0.15, 0.2) is 5.60 Å². The molecule has 0 radical (unpaired) electrons. The molecule has 0 heterocycles. The first-order chi connectivity index (χ1) is 7.90. The molecule has 0 aromatic rings. The summed E-state index contributed by atoms with van der Waals surface area (Å²) < 4.78 is 11.2. The number of rotatable bonds is 4. The fourth-order valence-electron chi connectivity index (χ4n) is 2.12. The SMILES string of the molecule is C=CCOC1(C(=O)OC(C)(C)C)CCCCC1. The van der Waals surface area contributed by atoms with Crippen LogP contribution in [0.5, 0.6) is 0 Å². The molecule has 0 aromatic carbocycles. The van der Waals surface area contributed by atoms with Crippen LogP contribution in [0.2, 0.25) is 0 Å². The molecule has 0 spiro atoms. The highest BCUT2D eigenvalue weighted by Crippen LogP contribution is 2.34. The van der Waals surface area contributed by atoms with Crippen molar-refractivity contribution in [3.8, 4) is 0 Å². The predicted octanol–water partition coefficient (Wildman–Crippen LogP) is 3.23. The Labute approximate surface area is 104 Å². The maximum absolute atomic E-state index is 12.3. The summed E-state index contributed by atoms with van der Waals surface area (Å²) in [7, 11) is 0. The Morgan fingerprint density at radius 2 is 1.88 bits per heavy atom. The number of esters is 1. The second-order valence-electron chi connectivity index (χ2n) is 5.66. The van der Waals surface area contributed by atoms with Crippen LogP contribution in [0, 0.1) is 0 Å². The number of carbonyl (C=O) groups is 1. The van der Waals surface area contributed by atoms with E-state index in [1.165, 1.54) is 6.42 Å². The standard InChI is InChI=1S/C14H24O3/c1-5-11-16-14(9-7-6-8-10-14)12(15)17-13(2,3)4/h5H,1,6-11H2,2-4H3. The highest BCUT2D eigenvalue weighted by Gasteiger charge is 2.43. The third-order valence-corrected chi connectivity index (χ3v) is 2.91. The van der Waals surface area contributed by atoms with Gasteiger partial charge < -0.3 is 9.47 Å². The average molecular weight is 240 g/mol. The predicted molar refractivity (Wildman–Crippen MR) is 67.8 cm³/mol. The fraction of sp³-hybridized carbons (Fsp3) is 0.786. The van der Waals surface area contributed by atoms with Crippen LogP contribution in [-0.4, -0.2) is 23.8 Å². The van der Waals surface area contributed by atoms with E-state index < -0.39 is 11.2 Å². The Morgan fingerprint density at radius 3 is 2.35 bits per heavy atom. The molecule has 17 heavy (non-hydrogen) atoms. The van der Waals surface area contributed by atoms with Crippen molar-refractivity contribution in [1.82, 2.24) is 0 Å². The monoisotopic (exact) mass is 240 g/mol. The Morgan fingerprint density at radius 1 is 1.29 bits per heavy atom. The molecule has 0 atom stereocenters. The first-order valence-electron chi connectivity index (χ1n) is 6.38. The molecule has 1 aliphatic rings. The van der Waals surface area contributed by atoms with Crippen molar-refractivity contribution in [3.63, 3.8) is 0 Å². The smallest absolute Gasteiger partial charge is 0.338 e. The van der Waals surface area contributed by atoms with Gasteiger partial charge >= 0.3 is 5.97 Å². The Hall–Kier alpha value is -0.830. The second kappa shape index (κ2) is 5.67. The highest BCUT2D eigenvalue weighted by molar-refractivity contribution is 5.80. The van der Waals surface area contributed by atoms with E-state index in [0.717, 1.165) is 25.7 Å². The van der Waals surface area contributed by atoms with Crippen LogP contribution in [0.4, 0.5) is 0 Å². The van der Waals surface area contributed by atoms with Gasteiger partial charge in [-0.3, -0.25) is 0 Å². The van der Waals surface area contributed by atoms with Crippen molar-refractivity contribution in [2.75, 3.05) is 6.61 Å². The van der Waals surface area contributed by atoms with Crippen LogP contribution in [0.15, 0.2) is 12.7 Å². The zero-order chi connectivity index (χ0) is 12.9. The lowest BCUT2D eigenvalue weighted by Gasteiger charge is -2.36. The van der Waals surface area contributed by atoms with Crippen molar-refractivity contribution in [3.05, 3.63) is 12.7 Å². The zero-order valence-electron chi connectivity index (χ0n) is 11.3. The van der Waals surface area contributed by atoms with E-state index in [-0.39, 0.29) is 5.97 Å². The Balaban J connectivity index is 2.74. The minimum atomic E-state index is -0.736. The first kappa shape index (κ1) is 14.2. The lowest BCUT2D eigenvalue weighted by atomic mass is 9.84. The summed E-state index contributed by atoms with van der Waals surface area (Å²) in [5, 5.41) is 0. The van der Waals surface area contributed by atoms with Crippen LogP contribution < -0.4 is 0 Å². The summed E-state index contributed by atoms with van der Waals surface area (Å²) in [6.45, 7) is 9.69. The largest absolute Gasteiger partial charge is 0.458 e. The maximum atomic E-state index is 12.3. The van der Waals surface area contributed by atoms with Gasteiger partial charge in [0.05, 0.1) is 6.61 Å². The van der Waals surface area contributed by atoms with E-state index in [1.807, 2.05) is 20.8 Å². The molecule has 0 saturated heterocycles. The van der Waals surface area contributed by atoms with Crippen molar-refractivity contribution in [2.24, 2.45) is 0 Å². The van der Waals surface area contributed by atoms with E-state index in [1.54, 1.807) is 6.08 Å². The van der Waals surface area contributed by atoms with Gasteiger partial charge in [-0.25, -0.2) is 4.79 Å². The van der Waals surface area contributed by atoms with E-state index in [2.05, 4.69) is 6.58 Å². The molecule has 0 N–H and O–H groups in total. The molecule has 0 aromatic heterocycles. The number of hydrogen-bond donors (Lipinski definition) is 0. The van der Waals surface area contributed by atoms with Crippen LogP contribution in [0.25, 0.3) is 0 Å². The quantitative estimate of drug-likeness (QED) is 0.559. The topological polar surface area (TPSA) is 35.5 Å².